The van der Waals surface area contributed by atoms with Gasteiger partial charge in [-0.25, -0.2) is 8.42 Å². The summed E-state index contributed by atoms with van der Waals surface area (Å²) in [6, 6.07) is 6.49. The Morgan fingerprint density at radius 2 is 1.96 bits per heavy atom. The molecule has 1 aromatic heterocycles. The number of amides is 1. The number of nitrogens with zero attached hydrogens (tertiary/aromatic N) is 4. The van der Waals surface area contributed by atoms with Gasteiger partial charge in [0, 0.05) is 12.2 Å². The van der Waals surface area contributed by atoms with Crippen molar-refractivity contribution in [3.8, 4) is 0 Å². The molecule has 3 rings (SSSR count). The number of nitro groups is 1. The Morgan fingerprint density at radius 3 is 2.48 bits per heavy atom. The summed E-state index contributed by atoms with van der Waals surface area (Å²) in [5.41, 5.74) is 1.51. The highest BCUT2D eigenvalue weighted by atomic mass is 32.2. The van der Waals surface area contributed by atoms with Crippen molar-refractivity contribution in [2.24, 2.45) is 0 Å². The van der Waals surface area contributed by atoms with Crippen LogP contribution in [0.15, 0.2) is 24.3 Å². The lowest BCUT2D eigenvalue weighted by Crippen LogP contribution is -2.25. The van der Waals surface area contributed by atoms with E-state index in [0.29, 0.717) is 30.0 Å². The lowest BCUT2D eigenvalue weighted by atomic mass is 10.2. The number of nitrogens with one attached hydrogen (secondary N) is 1. The molecule has 144 valence electrons. The van der Waals surface area contributed by atoms with Crippen molar-refractivity contribution in [3.63, 3.8) is 0 Å². The minimum absolute atomic E-state index is 0.0982. The summed E-state index contributed by atoms with van der Waals surface area (Å²) in [7, 11) is -3.25. The molecule has 1 amide bonds. The highest BCUT2D eigenvalue weighted by Crippen LogP contribution is 2.25. The Kier molecular flexibility index (Phi) is 4.87. The third kappa shape index (κ3) is 3.77. The maximum atomic E-state index is 12.2. The van der Waals surface area contributed by atoms with Gasteiger partial charge in [-0.2, -0.15) is 5.10 Å². The zero-order valence-corrected chi connectivity index (χ0v) is 15.7. The van der Waals surface area contributed by atoms with E-state index in [1.165, 1.54) is 22.8 Å². The number of rotatable bonds is 5. The van der Waals surface area contributed by atoms with Gasteiger partial charge in [0.1, 0.15) is 17.9 Å². The van der Waals surface area contributed by atoms with Crippen LogP contribution in [0.5, 0.6) is 0 Å². The molecule has 0 unspecified atom stereocenters. The molecule has 0 bridgehead atoms. The number of aryl methyl sites for hydroxylation is 1. The first kappa shape index (κ1) is 18.8. The quantitative estimate of drug-likeness (QED) is 0.607. The van der Waals surface area contributed by atoms with Gasteiger partial charge in [-0.15, -0.1) is 0 Å². The van der Waals surface area contributed by atoms with Crippen LogP contribution in [0, 0.1) is 24.0 Å². The number of carbonyl (C=O) groups excluding carboxylic acids is 1. The number of benzene rings is 1. The Hall–Kier alpha value is -2.95. The largest absolute Gasteiger partial charge is 0.324 e. The van der Waals surface area contributed by atoms with Crippen LogP contribution in [0.2, 0.25) is 0 Å². The predicted octanol–water partition coefficient (Wildman–Crippen LogP) is 1.59. The topological polar surface area (TPSA) is 127 Å². The van der Waals surface area contributed by atoms with Crippen molar-refractivity contribution in [1.82, 2.24) is 9.78 Å². The second kappa shape index (κ2) is 6.99. The third-order valence-electron chi connectivity index (χ3n) is 4.36. The average molecular weight is 393 g/mol. The molecule has 1 saturated heterocycles. The minimum Gasteiger partial charge on any atom is -0.324 e. The maximum Gasteiger partial charge on any atom is 0.312 e. The smallest absolute Gasteiger partial charge is 0.312 e. The van der Waals surface area contributed by atoms with E-state index in [0.717, 1.165) is 0 Å². The number of hydrogen-bond donors (Lipinski definition) is 1. The fraction of sp³-hybridized carbons (Fsp3) is 0.375. The van der Waals surface area contributed by atoms with E-state index < -0.39 is 20.9 Å². The van der Waals surface area contributed by atoms with E-state index in [9.17, 15) is 23.3 Å². The molecule has 2 heterocycles. The van der Waals surface area contributed by atoms with E-state index >= 15 is 0 Å². The second-order valence-electron chi connectivity index (χ2n) is 6.27. The van der Waals surface area contributed by atoms with E-state index in [4.69, 9.17) is 0 Å². The first-order valence-corrected chi connectivity index (χ1v) is 9.88. The minimum atomic E-state index is -3.25. The van der Waals surface area contributed by atoms with Crippen molar-refractivity contribution in [2.75, 3.05) is 21.9 Å². The van der Waals surface area contributed by atoms with E-state index in [1.807, 2.05) is 0 Å². The molecule has 0 saturated carbocycles. The molecular weight excluding hydrogens is 374 g/mol. The van der Waals surface area contributed by atoms with Crippen molar-refractivity contribution in [2.45, 2.75) is 26.8 Å². The van der Waals surface area contributed by atoms with Gasteiger partial charge in [-0.05, 0) is 44.5 Å². The highest BCUT2D eigenvalue weighted by Gasteiger charge is 2.28. The second-order valence-corrected chi connectivity index (χ2v) is 8.28. The first-order valence-electron chi connectivity index (χ1n) is 8.28. The summed E-state index contributed by atoms with van der Waals surface area (Å²) in [6.45, 7) is 3.34. The fourth-order valence-electron chi connectivity index (χ4n) is 3.08. The molecule has 1 aromatic carbocycles. The Balaban J connectivity index is 1.68. The van der Waals surface area contributed by atoms with Crippen LogP contribution in [-0.2, 0) is 21.4 Å². The number of sulfonamides is 1. The van der Waals surface area contributed by atoms with E-state index in [-0.39, 0.29) is 23.7 Å². The summed E-state index contributed by atoms with van der Waals surface area (Å²) in [5, 5.41) is 17.7. The van der Waals surface area contributed by atoms with Crippen molar-refractivity contribution >= 4 is 33.0 Å². The molecule has 27 heavy (non-hydrogen) atoms. The maximum absolute atomic E-state index is 12.2. The summed E-state index contributed by atoms with van der Waals surface area (Å²) in [6.07, 6.45) is 0.593. The highest BCUT2D eigenvalue weighted by molar-refractivity contribution is 7.93. The molecular formula is C16H19N5O5S. The summed E-state index contributed by atoms with van der Waals surface area (Å²) >= 11 is 0. The number of carbonyl (C=O) groups is 1. The van der Waals surface area contributed by atoms with Gasteiger partial charge in [0.2, 0.25) is 15.9 Å². The molecule has 2 aromatic rings. The Morgan fingerprint density at radius 1 is 1.30 bits per heavy atom. The van der Waals surface area contributed by atoms with Crippen LogP contribution in [-0.4, -0.2) is 41.3 Å². The first-order chi connectivity index (χ1) is 12.7. The standard InChI is InChI=1S/C16H19N5O5S/c1-11-16(21(23)24)12(2)19(18-11)10-15(22)17-13-4-6-14(7-5-13)20-8-3-9-27(20,25)26/h4-7H,3,8-10H2,1-2H3,(H,17,22). The van der Waals surface area contributed by atoms with Crippen LogP contribution < -0.4 is 9.62 Å². The summed E-state index contributed by atoms with van der Waals surface area (Å²) in [4.78, 5) is 22.7. The van der Waals surface area contributed by atoms with Gasteiger partial charge in [-0.3, -0.25) is 23.9 Å². The van der Waals surface area contributed by atoms with Crippen LogP contribution in [0.3, 0.4) is 0 Å². The average Bonchev–Trinajstić information content (AvgIpc) is 3.06. The molecule has 1 N–H and O–H groups in total. The zero-order chi connectivity index (χ0) is 19.8. The fourth-order valence-corrected chi connectivity index (χ4v) is 4.65. The van der Waals surface area contributed by atoms with Crippen molar-refractivity contribution < 1.29 is 18.1 Å². The van der Waals surface area contributed by atoms with E-state index in [2.05, 4.69) is 10.4 Å². The van der Waals surface area contributed by atoms with Gasteiger partial charge in [0.15, 0.2) is 0 Å². The Labute approximate surface area is 156 Å². The van der Waals surface area contributed by atoms with Gasteiger partial charge < -0.3 is 5.32 Å². The van der Waals surface area contributed by atoms with Gasteiger partial charge in [-0.1, -0.05) is 0 Å². The van der Waals surface area contributed by atoms with Gasteiger partial charge in [0.05, 0.1) is 16.4 Å². The molecule has 0 atom stereocenters. The van der Waals surface area contributed by atoms with Crippen LogP contribution >= 0.6 is 0 Å². The third-order valence-corrected chi connectivity index (χ3v) is 6.23. The van der Waals surface area contributed by atoms with Crippen LogP contribution in [0.4, 0.5) is 17.1 Å². The monoisotopic (exact) mass is 393 g/mol. The van der Waals surface area contributed by atoms with Gasteiger partial charge >= 0.3 is 5.69 Å². The lowest BCUT2D eigenvalue weighted by molar-refractivity contribution is -0.386. The molecule has 0 aliphatic carbocycles. The van der Waals surface area contributed by atoms with Crippen LogP contribution in [0.1, 0.15) is 17.8 Å². The van der Waals surface area contributed by atoms with Crippen LogP contribution in [0.25, 0.3) is 0 Å². The Bertz CT molecular complexity index is 997. The number of anilines is 2. The summed E-state index contributed by atoms with van der Waals surface area (Å²) in [5.74, 6) is -0.252. The van der Waals surface area contributed by atoms with Crippen molar-refractivity contribution in [3.05, 3.63) is 45.8 Å². The van der Waals surface area contributed by atoms with Gasteiger partial charge in [0.25, 0.3) is 0 Å². The normalized spacial score (nSPS) is 15.7. The van der Waals surface area contributed by atoms with Crippen molar-refractivity contribution in [1.29, 1.82) is 0 Å². The molecule has 0 radical (unpaired) electrons. The molecule has 0 spiro atoms. The summed E-state index contributed by atoms with van der Waals surface area (Å²) < 4.78 is 26.5. The number of aromatic nitrogens is 2. The number of hydrogen-bond acceptors (Lipinski definition) is 6. The molecule has 1 aliphatic heterocycles. The lowest BCUT2D eigenvalue weighted by Gasteiger charge is -2.17. The zero-order valence-electron chi connectivity index (χ0n) is 14.9. The molecule has 1 fully saturated rings. The van der Waals surface area contributed by atoms with E-state index in [1.54, 1.807) is 24.3 Å². The molecule has 10 nitrogen and oxygen atoms in total. The molecule has 11 heteroatoms. The SMILES string of the molecule is Cc1nn(CC(=O)Nc2ccc(N3CCCS3(=O)=O)cc2)c(C)c1[N+](=O)[O-]. The predicted molar refractivity (Wildman–Crippen MR) is 99.2 cm³/mol. The molecule has 1 aliphatic rings.